The molecule has 2 aromatic heterocycles. The first kappa shape index (κ1) is 13.6. The van der Waals surface area contributed by atoms with Crippen molar-refractivity contribution in [2.45, 2.75) is 58.5 Å². The Kier molecular flexibility index (Phi) is 4.01. The minimum atomic E-state index is 0.663. The van der Waals surface area contributed by atoms with Crippen LogP contribution in [0.2, 0.25) is 0 Å². The predicted molar refractivity (Wildman–Crippen MR) is 81.9 cm³/mol. The van der Waals surface area contributed by atoms with E-state index in [0.29, 0.717) is 6.04 Å². The molecule has 108 valence electrons. The van der Waals surface area contributed by atoms with Gasteiger partial charge in [0.15, 0.2) is 5.65 Å². The molecular formula is C16H24N4. The summed E-state index contributed by atoms with van der Waals surface area (Å²) in [6.45, 7) is 6.44. The molecule has 1 N–H and O–H groups in total. The van der Waals surface area contributed by atoms with Gasteiger partial charge in [-0.15, -0.1) is 0 Å². The standard InChI is InChI=1S/C16H24N4/c1-3-15-19-14-10-12(2)11-18-16(14)20(15)9-7-13-6-4-5-8-17-13/h10-11,13,17H,3-9H2,1-2H3. The molecule has 0 spiro atoms. The number of piperidine rings is 1. The second-order valence-corrected chi connectivity index (χ2v) is 5.82. The largest absolute Gasteiger partial charge is 0.314 e. The maximum atomic E-state index is 4.74. The van der Waals surface area contributed by atoms with Crippen molar-refractivity contribution in [3.63, 3.8) is 0 Å². The van der Waals surface area contributed by atoms with E-state index in [4.69, 9.17) is 4.98 Å². The number of fused-ring (bicyclic) bond motifs is 1. The Hall–Kier alpha value is -1.42. The molecule has 3 heterocycles. The minimum absolute atomic E-state index is 0.663. The van der Waals surface area contributed by atoms with Crippen LogP contribution < -0.4 is 5.32 Å². The molecule has 4 heteroatoms. The van der Waals surface area contributed by atoms with Gasteiger partial charge in [-0.3, -0.25) is 0 Å². The van der Waals surface area contributed by atoms with Gasteiger partial charge in [-0.1, -0.05) is 13.3 Å². The van der Waals surface area contributed by atoms with E-state index >= 15 is 0 Å². The van der Waals surface area contributed by atoms with Crippen LogP contribution in [0.3, 0.4) is 0 Å². The highest BCUT2D eigenvalue weighted by Crippen LogP contribution is 2.18. The van der Waals surface area contributed by atoms with Gasteiger partial charge in [0, 0.05) is 25.2 Å². The van der Waals surface area contributed by atoms with E-state index in [1.165, 1.54) is 37.8 Å². The van der Waals surface area contributed by atoms with Gasteiger partial charge >= 0.3 is 0 Å². The molecule has 0 saturated carbocycles. The number of hydrogen-bond acceptors (Lipinski definition) is 3. The fraction of sp³-hybridized carbons (Fsp3) is 0.625. The monoisotopic (exact) mass is 272 g/mol. The molecule has 0 bridgehead atoms. The van der Waals surface area contributed by atoms with Gasteiger partial charge in [0.05, 0.1) is 0 Å². The van der Waals surface area contributed by atoms with Crippen LogP contribution in [-0.4, -0.2) is 27.1 Å². The summed E-state index contributed by atoms with van der Waals surface area (Å²) in [7, 11) is 0. The number of nitrogens with one attached hydrogen (secondary N) is 1. The van der Waals surface area contributed by atoms with E-state index in [9.17, 15) is 0 Å². The summed E-state index contributed by atoms with van der Waals surface area (Å²) in [4.78, 5) is 9.33. The van der Waals surface area contributed by atoms with Crippen molar-refractivity contribution in [3.05, 3.63) is 23.7 Å². The second-order valence-electron chi connectivity index (χ2n) is 5.82. The van der Waals surface area contributed by atoms with Crippen molar-refractivity contribution in [2.24, 2.45) is 0 Å². The second kappa shape index (κ2) is 5.92. The van der Waals surface area contributed by atoms with E-state index in [0.717, 1.165) is 30.0 Å². The maximum Gasteiger partial charge on any atom is 0.160 e. The Balaban J connectivity index is 1.81. The Morgan fingerprint density at radius 2 is 2.30 bits per heavy atom. The quantitative estimate of drug-likeness (QED) is 0.930. The number of pyridine rings is 1. The number of rotatable bonds is 4. The van der Waals surface area contributed by atoms with Crippen LogP contribution >= 0.6 is 0 Å². The Morgan fingerprint density at radius 3 is 3.05 bits per heavy atom. The average molecular weight is 272 g/mol. The lowest BCUT2D eigenvalue weighted by Gasteiger charge is -2.23. The van der Waals surface area contributed by atoms with E-state index < -0.39 is 0 Å². The summed E-state index contributed by atoms with van der Waals surface area (Å²) >= 11 is 0. The van der Waals surface area contributed by atoms with Gasteiger partial charge in [-0.2, -0.15) is 0 Å². The van der Waals surface area contributed by atoms with Crippen LogP contribution in [0.4, 0.5) is 0 Å². The highest BCUT2D eigenvalue weighted by molar-refractivity contribution is 5.72. The summed E-state index contributed by atoms with van der Waals surface area (Å²) in [5.41, 5.74) is 3.26. The van der Waals surface area contributed by atoms with Crippen LogP contribution in [0, 0.1) is 6.92 Å². The fourth-order valence-corrected chi connectivity index (χ4v) is 3.12. The van der Waals surface area contributed by atoms with Gasteiger partial charge in [0.2, 0.25) is 0 Å². The highest BCUT2D eigenvalue weighted by atomic mass is 15.1. The zero-order valence-electron chi connectivity index (χ0n) is 12.5. The molecule has 1 aliphatic heterocycles. The van der Waals surface area contributed by atoms with E-state index in [1.54, 1.807) is 0 Å². The third-order valence-electron chi connectivity index (χ3n) is 4.23. The fourth-order valence-electron chi connectivity index (χ4n) is 3.12. The SMILES string of the molecule is CCc1nc2cc(C)cnc2n1CCC1CCCCN1. The summed E-state index contributed by atoms with van der Waals surface area (Å²) in [5, 5.41) is 3.62. The van der Waals surface area contributed by atoms with Crippen molar-refractivity contribution < 1.29 is 0 Å². The zero-order chi connectivity index (χ0) is 13.9. The number of nitrogens with zero attached hydrogens (tertiary/aromatic N) is 3. The first-order chi connectivity index (χ1) is 9.78. The molecular weight excluding hydrogens is 248 g/mol. The normalized spacial score (nSPS) is 19.6. The third-order valence-corrected chi connectivity index (χ3v) is 4.23. The van der Waals surface area contributed by atoms with Crippen LogP contribution in [0.15, 0.2) is 12.3 Å². The minimum Gasteiger partial charge on any atom is -0.314 e. The van der Waals surface area contributed by atoms with Gasteiger partial charge in [-0.05, 0) is 44.4 Å². The molecule has 20 heavy (non-hydrogen) atoms. The van der Waals surface area contributed by atoms with Crippen molar-refractivity contribution >= 4 is 11.2 Å². The molecule has 4 nitrogen and oxygen atoms in total. The molecule has 0 aromatic carbocycles. The Labute approximate surface area is 120 Å². The summed E-state index contributed by atoms with van der Waals surface area (Å²) in [6.07, 6.45) is 8.08. The molecule has 1 aliphatic rings. The molecule has 1 unspecified atom stereocenters. The summed E-state index contributed by atoms with van der Waals surface area (Å²) in [5.74, 6) is 1.16. The van der Waals surface area contributed by atoms with Gasteiger partial charge in [0.1, 0.15) is 11.3 Å². The highest BCUT2D eigenvalue weighted by Gasteiger charge is 2.15. The topological polar surface area (TPSA) is 42.7 Å². The molecule has 3 rings (SSSR count). The van der Waals surface area contributed by atoms with E-state index in [-0.39, 0.29) is 0 Å². The van der Waals surface area contributed by atoms with Crippen molar-refractivity contribution in [1.29, 1.82) is 0 Å². The van der Waals surface area contributed by atoms with Crippen molar-refractivity contribution in [1.82, 2.24) is 19.9 Å². The molecule has 1 atom stereocenters. The number of aromatic nitrogens is 3. The van der Waals surface area contributed by atoms with Crippen LogP contribution in [0.1, 0.15) is 44.0 Å². The molecule has 1 fully saturated rings. The van der Waals surface area contributed by atoms with Gasteiger partial charge in [-0.25, -0.2) is 9.97 Å². The molecule has 0 amide bonds. The van der Waals surface area contributed by atoms with Crippen molar-refractivity contribution in [2.75, 3.05) is 6.54 Å². The number of hydrogen-bond donors (Lipinski definition) is 1. The Morgan fingerprint density at radius 1 is 1.40 bits per heavy atom. The lowest BCUT2D eigenvalue weighted by Crippen LogP contribution is -2.34. The molecule has 2 aromatic rings. The van der Waals surface area contributed by atoms with Crippen LogP contribution in [0.25, 0.3) is 11.2 Å². The van der Waals surface area contributed by atoms with E-state index in [2.05, 4.69) is 34.8 Å². The molecule has 1 saturated heterocycles. The first-order valence-corrected chi connectivity index (χ1v) is 7.83. The van der Waals surface area contributed by atoms with Crippen LogP contribution in [0.5, 0.6) is 0 Å². The smallest absolute Gasteiger partial charge is 0.160 e. The van der Waals surface area contributed by atoms with Gasteiger partial charge in [0.25, 0.3) is 0 Å². The zero-order valence-corrected chi connectivity index (χ0v) is 12.5. The molecule has 0 radical (unpaired) electrons. The van der Waals surface area contributed by atoms with Crippen LogP contribution in [-0.2, 0) is 13.0 Å². The lowest BCUT2D eigenvalue weighted by atomic mass is 10.0. The average Bonchev–Trinajstić information content (AvgIpc) is 2.83. The first-order valence-electron chi connectivity index (χ1n) is 7.83. The lowest BCUT2D eigenvalue weighted by molar-refractivity contribution is 0.366. The van der Waals surface area contributed by atoms with E-state index in [1.807, 2.05) is 6.20 Å². The molecule has 0 aliphatic carbocycles. The third kappa shape index (κ3) is 2.70. The summed E-state index contributed by atoms with van der Waals surface area (Å²) < 4.78 is 2.31. The maximum absolute atomic E-state index is 4.74. The predicted octanol–water partition coefficient (Wildman–Crippen LogP) is 2.83. The van der Waals surface area contributed by atoms with Crippen molar-refractivity contribution in [3.8, 4) is 0 Å². The Bertz CT molecular complexity index is 581. The summed E-state index contributed by atoms with van der Waals surface area (Å²) in [6, 6.07) is 2.80. The van der Waals surface area contributed by atoms with Gasteiger partial charge < -0.3 is 9.88 Å². The number of imidazole rings is 1. The number of aryl methyl sites for hydroxylation is 3.